The number of carboxylic acid groups (broad SMARTS) is 1. The molecular weight excluding hydrogens is 585 g/mol. The van der Waals surface area contributed by atoms with Crippen LogP contribution in [0.15, 0.2) is 66.7 Å². The number of aromatic carboxylic acids is 1. The second-order valence-corrected chi connectivity index (χ2v) is 10.9. The zero-order valence-corrected chi connectivity index (χ0v) is 25.5. The molecule has 0 aliphatic carbocycles. The molecule has 0 radical (unpaired) electrons. The van der Waals surface area contributed by atoms with Gasteiger partial charge in [0.1, 0.15) is 18.1 Å². The summed E-state index contributed by atoms with van der Waals surface area (Å²) < 4.78 is 11.9. The van der Waals surface area contributed by atoms with Crippen LogP contribution in [-0.2, 0) is 19.4 Å². The normalized spacial score (nSPS) is 10.7. The first-order valence-electron chi connectivity index (χ1n) is 13.8. The van der Waals surface area contributed by atoms with E-state index < -0.39 is 5.97 Å². The fourth-order valence-electron chi connectivity index (χ4n) is 4.94. The van der Waals surface area contributed by atoms with Crippen molar-refractivity contribution in [3.63, 3.8) is 0 Å². The summed E-state index contributed by atoms with van der Waals surface area (Å²) >= 11 is 12.4. The number of nitrogens with zero attached hydrogens (tertiary/aromatic N) is 1. The molecule has 0 aliphatic rings. The second-order valence-electron chi connectivity index (χ2n) is 10.1. The van der Waals surface area contributed by atoms with Crippen LogP contribution in [0.2, 0.25) is 5.02 Å². The van der Waals surface area contributed by atoms with E-state index in [2.05, 4.69) is 36.9 Å². The number of benzene rings is 4. The molecule has 4 rings (SSSR count). The SMILES string of the molecule is [C-]#[N+]c1cc(COc2cc(CCc3cccc(-c4cccc(OCCCCl)c4C)c3C)c(Cl)cc2C=O)cc(C(=O)O)c1. The Morgan fingerprint density at radius 1 is 0.930 bits per heavy atom. The molecule has 0 aliphatic heterocycles. The molecule has 0 unspecified atom stereocenters. The standard InChI is InChI=1S/C35H31Cl2NO5/c1-22-25(7-4-8-30(22)31-9-5-10-33(23(31)2)42-14-6-13-36)11-12-26-19-34(28(20-39)18-32(26)37)43-21-24-15-27(35(40)41)17-29(16-24)38-3/h4-5,7-10,15-20H,6,11-14,21H2,1-2H3,(H,40,41). The molecule has 0 amide bonds. The number of rotatable bonds is 13. The second kappa shape index (κ2) is 14.7. The average molecular weight is 617 g/mol. The minimum atomic E-state index is -1.13. The van der Waals surface area contributed by atoms with E-state index >= 15 is 0 Å². The van der Waals surface area contributed by atoms with Gasteiger partial charge in [-0.15, -0.1) is 11.6 Å². The lowest BCUT2D eigenvalue weighted by Crippen LogP contribution is -2.03. The number of carbonyl (C=O) groups excluding carboxylic acids is 1. The Labute approximate surface area is 261 Å². The van der Waals surface area contributed by atoms with E-state index in [1.54, 1.807) is 18.2 Å². The van der Waals surface area contributed by atoms with Crippen LogP contribution in [0.5, 0.6) is 11.5 Å². The van der Waals surface area contributed by atoms with Crippen molar-refractivity contribution >= 4 is 41.1 Å². The van der Waals surface area contributed by atoms with Crippen LogP contribution in [0.25, 0.3) is 16.0 Å². The first kappa shape index (κ1) is 31.6. The quantitative estimate of drug-likeness (QED) is 0.0702. The van der Waals surface area contributed by atoms with Crippen LogP contribution in [-0.4, -0.2) is 29.8 Å². The predicted molar refractivity (Wildman–Crippen MR) is 170 cm³/mol. The van der Waals surface area contributed by atoms with Crippen molar-refractivity contribution in [2.24, 2.45) is 0 Å². The Morgan fingerprint density at radius 3 is 2.35 bits per heavy atom. The lowest BCUT2D eigenvalue weighted by molar-refractivity contribution is 0.0696. The Morgan fingerprint density at radius 2 is 1.65 bits per heavy atom. The molecule has 0 heterocycles. The lowest BCUT2D eigenvalue weighted by Gasteiger charge is -2.17. The molecule has 0 atom stereocenters. The molecule has 8 heteroatoms. The summed E-state index contributed by atoms with van der Waals surface area (Å²) in [5, 5.41) is 9.83. The topological polar surface area (TPSA) is 77.2 Å². The van der Waals surface area contributed by atoms with E-state index in [0.29, 0.717) is 48.0 Å². The number of ether oxygens (including phenoxy) is 2. The van der Waals surface area contributed by atoms with E-state index in [-0.39, 0.29) is 23.4 Å². The van der Waals surface area contributed by atoms with Crippen LogP contribution in [0.3, 0.4) is 0 Å². The smallest absolute Gasteiger partial charge is 0.334 e. The summed E-state index contributed by atoms with van der Waals surface area (Å²) in [6, 6.07) is 20.0. The van der Waals surface area contributed by atoms with Gasteiger partial charge in [0.2, 0.25) is 0 Å². The monoisotopic (exact) mass is 615 g/mol. The van der Waals surface area contributed by atoms with Gasteiger partial charge in [-0.3, -0.25) is 4.79 Å². The number of hydrogen-bond acceptors (Lipinski definition) is 4. The summed E-state index contributed by atoms with van der Waals surface area (Å²) in [5.74, 6) is 0.612. The van der Waals surface area contributed by atoms with Gasteiger partial charge in [-0.25, -0.2) is 9.64 Å². The number of aryl methyl sites for hydroxylation is 2. The highest BCUT2D eigenvalue weighted by molar-refractivity contribution is 6.31. The van der Waals surface area contributed by atoms with Crippen molar-refractivity contribution in [3.05, 3.63) is 122 Å². The number of carbonyl (C=O) groups is 2. The highest BCUT2D eigenvalue weighted by Crippen LogP contribution is 2.34. The molecular formula is C35H31Cl2NO5. The molecule has 1 N–H and O–H groups in total. The zero-order valence-electron chi connectivity index (χ0n) is 24.0. The highest BCUT2D eigenvalue weighted by Gasteiger charge is 2.15. The molecule has 220 valence electrons. The van der Waals surface area contributed by atoms with E-state index in [4.69, 9.17) is 39.2 Å². The predicted octanol–water partition coefficient (Wildman–Crippen LogP) is 9.06. The third kappa shape index (κ3) is 7.75. The Hall–Kier alpha value is -4.31. The molecule has 4 aromatic carbocycles. The van der Waals surface area contributed by atoms with Gasteiger partial charge >= 0.3 is 5.97 Å². The summed E-state index contributed by atoms with van der Waals surface area (Å²) in [6.45, 7) is 12.0. The van der Waals surface area contributed by atoms with Crippen molar-refractivity contribution in [3.8, 4) is 22.6 Å². The number of alkyl halides is 1. The van der Waals surface area contributed by atoms with Crippen LogP contribution in [0.1, 0.15) is 55.0 Å². The lowest BCUT2D eigenvalue weighted by atomic mass is 9.91. The Kier molecular flexibility index (Phi) is 10.8. The van der Waals surface area contributed by atoms with Gasteiger partial charge in [0.25, 0.3) is 0 Å². The van der Waals surface area contributed by atoms with Crippen molar-refractivity contribution in [2.75, 3.05) is 12.5 Å². The van der Waals surface area contributed by atoms with Gasteiger partial charge in [0.05, 0.1) is 18.7 Å². The Bertz CT molecular complexity index is 1690. The van der Waals surface area contributed by atoms with Crippen molar-refractivity contribution in [1.82, 2.24) is 0 Å². The van der Waals surface area contributed by atoms with Gasteiger partial charge < -0.3 is 14.6 Å². The maximum atomic E-state index is 11.8. The maximum Gasteiger partial charge on any atom is 0.334 e. The molecule has 0 aromatic heterocycles. The molecule has 0 bridgehead atoms. The third-order valence-electron chi connectivity index (χ3n) is 7.27. The number of hydrogen-bond donors (Lipinski definition) is 1. The number of halogens is 2. The van der Waals surface area contributed by atoms with Crippen LogP contribution in [0.4, 0.5) is 5.69 Å². The van der Waals surface area contributed by atoms with E-state index in [0.717, 1.165) is 40.0 Å². The largest absolute Gasteiger partial charge is 0.493 e. The average Bonchev–Trinajstić information content (AvgIpc) is 3.01. The molecule has 0 saturated heterocycles. The van der Waals surface area contributed by atoms with E-state index in [9.17, 15) is 14.7 Å². The first-order valence-corrected chi connectivity index (χ1v) is 14.7. The zero-order chi connectivity index (χ0) is 30.9. The van der Waals surface area contributed by atoms with Crippen molar-refractivity contribution in [1.29, 1.82) is 0 Å². The van der Waals surface area contributed by atoms with Gasteiger partial charge in [0.15, 0.2) is 12.0 Å². The van der Waals surface area contributed by atoms with Gasteiger partial charge in [-0.05, 0) is 108 Å². The van der Waals surface area contributed by atoms with Crippen LogP contribution in [0, 0.1) is 20.4 Å². The molecule has 0 fully saturated rings. The minimum absolute atomic E-state index is 0.00197. The summed E-state index contributed by atoms with van der Waals surface area (Å²) in [6.07, 6.45) is 2.77. The van der Waals surface area contributed by atoms with E-state index in [1.165, 1.54) is 17.7 Å². The van der Waals surface area contributed by atoms with Crippen molar-refractivity contribution < 1.29 is 24.2 Å². The number of aldehydes is 1. The summed E-state index contributed by atoms with van der Waals surface area (Å²) in [7, 11) is 0. The number of carboxylic acids is 1. The van der Waals surface area contributed by atoms with Crippen LogP contribution >= 0.6 is 23.2 Å². The van der Waals surface area contributed by atoms with Gasteiger partial charge in [0, 0.05) is 16.5 Å². The summed E-state index contributed by atoms with van der Waals surface area (Å²) in [4.78, 5) is 26.6. The minimum Gasteiger partial charge on any atom is -0.493 e. The molecule has 43 heavy (non-hydrogen) atoms. The molecule has 4 aromatic rings. The van der Waals surface area contributed by atoms with Crippen molar-refractivity contribution in [2.45, 2.75) is 39.7 Å². The Balaban J connectivity index is 1.55. The fourth-order valence-corrected chi connectivity index (χ4v) is 5.32. The summed E-state index contributed by atoms with van der Waals surface area (Å²) in [5.41, 5.74) is 7.46. The first-order chi connectivity index (χ1) is 20.7. The highest BCUT2D eigenvalue weighted by atomic mass is 35.5. The molecule has 6 nitrogen and oxygen atoms in total. The molecule has 0 spiro atoms. The molecule has 0 saturated carbocycles. The fraction of sp³-hybridized carbons (Fsp3) is 0.229. The van der Waals surface area contributed by atoms with Crippen LogP contribution < -0.4 is 9.47 Å². The maximum absolute atomic E-state index is 11.8. The van der Waals surface area contributed by atoms with Gasteiger partial charge in [-0.1, -0.05) is 41.9 Å². The van der Waals surface area contributed by atoms with Gasteiger partial charge in [-0.2, -0.15) is 0 Å². The van der Waals surface area contributed by atoms with E-state index in [1.807, 2.05) is 18.2 Å². The third-order valence-corrected chi connectivity index (χ3v) is 7.89.